The second-order valence-electron chi connectivity index (χ2n) is 6.41. The topological polar surface area (TPSA) is 113 Å². The maximum atomic E-state index is 12.7. The highest BCUT2D eigenvalue weighted by molar-refractivity contribution is 6.30. The van der Waals surface area contributed by atoms with Crippen molar-refractivity contribution < 1.29 is 14.3 Å². The van der Waals surface area contributed by atoms with Crippen LogP contribution in [0, 0.1) is 0 Å². The number of rotatable bonds is 6. The lowest BCUT2D eigenvalue weighted by atomic mass is 10.1. The molecule has 0 radical (unpaired) electrons. The Balaban J connectivity index is 1.61. The van der Waals surface area contributed by atoms with Gasteiger partial charge in [-0.05, 0) is 36.4 Å². The highest BCUT2D eigenvalue weighted by Crippen LogP contribution is 2.24. The van der Waals surface area contributed by atoms with Gasteiger partial charge >= 0.3 is 0 Å². The van der Waals surface area contributed by atoms with Crippen molar-refractivity contribution in [3.63, 3.8) is 0 Å². The molecule has 4 aromatic rings. The molecule has 152 valence electrons. The number of aliphatic hydroxyl groups is 1. The number of carbonyl (C=O) groups is 1. The van der Waals surface area contributed by atoms with Crippen LogP contribution in [-0.4, -0.2) is 32.4 Å². The second-order valence-corrected chi connectivity index (χ2v) is 6.85. The van der Waals surface area contributed by atoms with Gasteiger partial charge in [0.1, 0.15) is 17.1 Å². The zero-order chi connectivity index (χ0) is 21.1. The van der Waals surface area contributed by atoms with E-state index in [2.05, 4.69) is 15.4 Å². The van der Waals surface area contributed by atoms with E-state index in [1.165, 1.54) is 17.0 Å². The van der Waals surface area contributed by atoms with Gasteiger partial charge in [-0.3, -0.25) is 9.59 Å². The number of hydrogen-bond acceptors (Lipinski definition) is 5. The third-order valence-corrected chi connectivity index (χ3v) is 4.67. The Hall–Kier alpha value is -3.62. The van der Waals surface area contributed by atoms with Crippen LogP contribution in [0.1, 0.15) is 10.4 Å². The Morgan fingerprint density at radius 3 is 2.67 bits per heavy atom. The zero-order valence-corrected chi connectivity index (χ0v) is 16.4. The molecular formula is C21H17ClN4O4. The summed E-state index contributed by atoms with van der Waals surface area (Å²) in [4.78, 5) is 27.7. The average molecular weight is 425 g/mol. The minimum atomic E-state index is -0.594. The van der Waals surface area contributed by atoms with Crippen LogP contribution in [0.2, 0.25) is 5.02 Å². The lowest BCUT2D eigenvalue weighted by Gasteiger charge is -2.07. The number of hydrogen-bond donors (Lipinski definition) is 3. The fourth-order valence-corrected chi connectivity index (χ4v) is 3.08. The van der Waals surface area contributed by atoms with Gasteiger partial charge in [-0.15, -0.1) is 0 Å². The molecular weight excluding hydrogens is 408 g/mol. The van der Waals surface area contributed by atoms with Crippen molar-refractivity contribution in [2.75, 3.05) is 11.9 Å². The van der Waals surface area contributed by atoms with E-state index in [0.29, 0.717) is 28.0 Å². The summed E-state index contributed by atoms with van der Waals surface area (Å²) >= 11 is 5.93. The van der Waals surface area contributed by atoms with Crippen molar-refractivity contribution in [2.24, 2.45) is 0 Å². The van der Waals surface area contributed by atoms with Crippen LogP contribution in [0.15, 0.2) is 70.1 Å². The first-order chi connectivity index (χ1) is 14.5. The number of aromatic amines is 1. The quantitative estimate of drug-likeness (QED) is 0.439. The van der Waals surface area contributed by atoms with Crippen LogP contribution in [-0.2, 0) is 6.54 Å². The van der Waals surface area contributed by atoms with E-state index in [1.807, 2.05) is 0 Å². The number of halogens is 1. The molecule has 8 nitrogen and oxygen atoms in total. The Morgan fingerprint density at radius 2 is 2.00 bits per heavy atom. The molecule has 0 saturated carbocycles. The van der Waals surface area contributed by atoms with Gasteiger partial charge < -0.3 is 19.8 Å². The number of furan rings is 1. The third-order valence-electron chi connectivity index (χ3n) is 4.41. The maximum absolute atomic E-state index is 12.7. The number of aliphatic hydroxyl groups excluding tert-OH is 1. The van der Waals surface area contributed by atoms with E-state index in [-0.39, 0.29) is 18.7 Å². The molecule has 3 N–H and O–H groups in total. The number of nitrogens with one attached hydrogen (secondary N) is 2. The number of benzene rings is 1. The summed E-state index contributed by atoms with van der Waals surface area (Å²) in [7, 11) is 0. The Morgan fingerprint density at radius 1 is 1.20 bits per heavy atom. The molecule has 9 heteroatoms. The van der Waals surface area contributed by atoms with Crippen molar-refractivity contribution in [3.8, 4) is 22.7 Å². The lowest BCUT2D eigenvalue weighted by molar-refractivity contribution is 0.102. The van der Waals surface area contributed by atoms with Crippen molar-refractivity contribution in [1.82, 2.24) is 14.8 Å². The van der Waals surface area contributed by atoms with Crippen molar-refractivity contribution >= 4 is 23.3 Å². The number of pyridine rings is 1. The molecule has 0 fully saturated rings. The second kappa shape index (κ2) is 8.40. The number of carbonyl (C=O) groups excluding carboxylic acids is 1. The Labute approximate surface area is 175 Å². The molecule has 0 spiro atoms. The Kier molecular flexibility index (Phi) is 5.51. The summed E-state index contributed by atoms with van der Waals surface area (Å²) in [6.07, 6.45) is 1.49. The standard InChI is InChI=1S/C21H17ClN4O4/c22-14-5-3-13(4-6-14)17-12-19(26(25-17)9-10-27)24-21(29)15-7-8-16(23-20(15)28)18-2-1-11-30-18/h1-8,11-12,27H,9-10H2,(H,23,28)(H,24,29). The fourth-order valence-electron chi connectivity index (χ4n) is 2.96. The molecule has 0 unspecified atom stereocenters. The van der Waals surface area contributed by atoms with E-state index in [4.69, 9.17) is 16.0 Å². The largest absolute Gasteiger partial charge is 0.463 e. The molecule has 3 heterocycles. The van der Waals surface area contributed by atoms with Crippen molar-refractivity contribution in [1.29, 1.82) is 0 Å². The van der Waals surface area contributed by atoms with Crippen LogP contribution < -0.4 is 10.9 Å². The van der Waals surface area contributed by atoms with Gasteiger partial charge in [0.15, 0.2) is 0 Å². The van der Waals surface area contributed by atoms with E-state index in [1.54, 1.807) is 48.5 Å². The Bertz CT molecular complexity index is 1230. The summed E-state index contributed by atoms with van der Waals surface area (Å²) < 4.78 is 6.72. The minimum Gasteiger partial charge on any atom is -0.463 e. The first-order valence-electron chi connectivity index (χ1n) is 9.08. The molecule has 3 aromatic heterocycles. The highest BCUT2D eigenvalue weighted by atomic mass is 35.5. The van der Waals surface area contributed by atoms with Gasteiger partial charge in [-0.1, -0.05) is 23.7 Å². The van der Waals surface area contributed by atoms with Crippen LogP contribution in [0.25, 0.3) is 22.7 Å². The first kappa shape index (κ1) is 19.7. The van der Waals surface area contributed by atoms with E-state index in [0.717, 1.165) is 5.56 Å². The van der Waals surface area contributed by atoms with Crippen LogP contribution in [0.5, 0.6) is 0 Å². The van der Waals surface area contributed by atoms with Gasteiger partial charge in [-0.2, -0.15) is 5.10 Å². The predicted molar refractivity (Wildman–Crippen MR) is 112 cm³/mol. The van der Waals surface area contributed by atoms with Crippen molar-refractivity contribution in [2.45, 2.75) is 6.54 Å². The van der Waals surface area contributed by atoms with E-state index in [9.17, 15) is 14.7 Å². The normalized spacial score (nSPS) is 10.9. The zero-order valence-electron chi connectivity index (χ0n) is 15.6. The van der Waals surface area contributed by atoms with Crippen LogP contribution in [0.4, 0.5) is 5.82 Å². The van der Waals surface area contributed by atoms with E-state index < -0.39 is 11.5 Å². The SMILES string of the molecule is O=C(Nc1cc(-c2ccc(Cl)cc2)nn1CCO)c1ccc(-c2ccco2)[nH]c1=O. The molecule has 0 aliphatic heterocycles. The summed E-state index contributed by atoms with van der Waals surface area (Å²) in [6, 6.07) is 15.2. The first-order valence-corrected chi connectivity index (χ1v) is 9.46. The molecule has 1 amide bonds. The molecule has 1 aromatic carbocycles. The van der Waals surface area contributed by atoms with Crippen molar-refractivity contribution in [3.05, 3.63) is 81.8 Å². The van der Waals surface area contributed by atoms with Crippen LogP contribution >= 0.6 is 11.6 Å². The number of aromatic nitrogens is 3. The summed E-state index contributed by atoms with van der Waals surface area (Å²) in [5.74, 6) is 0.255. The van der Waals surface area contributed by atoms with Gasteiger partial charge in [0, 0.05) is 16.7 Å². The lowest BCUT2D eigenvalue weighted by Crippen LogP contribution is -2.24. The number of amides is 1. The molecule has 0 aliphatic carbocycles. The van der Waals surface area contributed by atoms with Gasteiger partial charge in [0.05, 0.1) is 30.8 Å². The third kappa shape index (κ3) is 4.05. The van der Waals surface area contributed by atoms with Gasteiger partial charge in [0.25, 0.3) is 11.5 Å². The fraction of sp³-hybridized carbons (Fsp3) is 0.0952. The van der Waals surface area contributed by atoms with Gasteiger partial charge in [0.2, 0.25) is 0 Å². The average Bonchev–Trinajstić information content (AvgIpc) is 3.39. The highest BCUT2D eigenvalue weighted by Gasteiger charge is 2.16. The number of H-pyrrole nitrogens is 1. The maximum Gasteiger partial charge on any atom is 0.262 e. The van der Waals surface area contributed by atoms with E-state index >= 15 is 0 Å². The van der Waals surface area contributed by atoms with Crippen LogP contribution in [0.3, 0.4) is 0 Å². The molecule has 0 aliphatic rings. The number of anilines is 1. The molecule has 0 bridgehead atoms. The molecule has 30 heavy (non-hydrogen) atoms. The molecule has 0 saturated heterocycles. The number of nitrogens with zero attached hydrogens (tertiary/aromatic N) is 2. The monoisotopic (exact) mass is 424 g/mol. The molecule has 4 rings (SSSR count). The summed E-state index contributed by atoms with van der Waals surface area (Å²) in [5.41, 5.74) is 1.25. The van der Waals surface area contributed by atoms with Gasteiger partial charge in [-0.25, -0.2) is 4.68 Å². The summed E-state index contributed by atoms with van der Waals surface area (Å²) in [5, 5.41) is 17.0. The minimum absolute atomic E-state index is 0.0601. The predicted octanol–water partition coefficient (Wildman–Crippen LogP) is 3.40. The smallest absolute Gasteiger partial charge is 0.262 e. The molecule has 0 atom stereocenters. The summed E-state index contributed by atoms with van der Waals surface area (Å²) in [6.45, 7) is 0.0139.